The Morgan fingerprint density at radius 3 is 2.58 bits per heavy atom. The van der Waals surface area contributed by atoms with Crippen LogP contribution in [-0.2, 0) is 14.8 Å². The molecule has 8 nitrogen and oxygen atoms in total. The first kappa shape index (κ1) is 21.8. The highest BCUT2D eigenvalue weighted by atomic mass is 35.5. The number of primary sulfonamides is 1. The lowest BCUT2D eigenvalue weighted by atomic mass is 9.96. The van der Waals surface area contributed by atoms with Gasteiger partial charge in [0.1, 0.15) is 5.52 Å². The summed E-state index contributed by atoms with van der Waals surface area (Å²) in [5.74, 6) is 0.882. The zero-order valence-corrected chi connectivity index (χ0v) is 18.3. The van der Waals surface area contributed by atoms with Crippen LogP contribution in [-0.4, -0.2) is 43.8 Å². The summed E-state index contributed by atoms with van der Waals surface area (Å²) in [6.07, 6.45) is 2.18. The Balaban J connectivity index is 1.24. The topological polar surface area (TPSA) is 119 Å². The lowest BCUT2D eigenvalue weighted by molar-refractivity contribution is -0.116. The minimum Gasteiger partial charge on any atom is -0.440 e. The lowest BCUT2D eigenvalue weighted by Gasteiger charge is -2.30. The number of anilines is 1. The van der Waals surface area contributed by atoms with E-state index in [-0.39, 0.29) is 16.7 Å². The normalized spacial score (nSPS) is 15.9. The van der Waals surface area contributed by atoms with Gasteiger partial charge in [0.05, 0.1) is 4.90 Å². The van der Waals surface area contributed by atoms with E-state index in [1.807, 2.05) is 6.07 Å². The number of oxazole rings is 1. The molecule has 164 valence electrons. The minimum absolute atomic E-state index is 0.00964. The maximum absolute atomic E-state index is 12.2. The molecule has 1 saturated heterocycles. The highest BCUT2D eigenvalue weighted by Gasteiger charge is 2.25. The van der Waals surface area contributed by atoms with Gasteiger partial charge in [0, 0.05) is 29.6 Å². The van der Waals surface area contributed by atoms with Crippen LogP contribution in [0.15, 0.2) is 51.8 Å². The van der Waals surface area contributed by atoms with Crippen LogP contribution in [0.4, 0.5) is 5.69 Å². The number of amides is 1. The van der Waals surface area contributed by atoms with Crippen LogP contribution in [0.1, 0.15) is 31.1 Å². The number of halogens is 1. The zero-order chi connectivity index (χ0) is 22.0. The molecule has 1 amide bonds. The molecule has 31 heavy (non-hydrogen) atoms. The Hall–Kier alpha value is -2.46. The third-order valence-corrected chi connectivity index (χ3v) is 6.59. The van der Waals surface area contributed by atoms with Crippen LogP contribution < -0.4 is 10.5 Å². The van der Waals surface area contributed by atoms with Gasteiger partial charge >= 0.3 is 0 Å². The van der Waals surface area contributed by atoms with Gasteiger partial charge in [0.2, 0.25) is 15.9 Å². The second kappa shape index (κ2) is 8.96. The first-order chi connectivity index (χ1) is 14.8. The number of hydrogen-bond donors (Lipinski definition) is 2. The van der Waals surface area contributed by atoms with Crippen LogP contribution >= 0.6 is 11.6 Å². The molecule has 0 atom stereocenters. The molecule has 1 aliphatic heterocycles. The molecule has 3 N–H and O–H groups in total. The first-order valence-corrected chi connectivity index (χ1v) is 11.9. The number of nitrogens with one attached hydrogen (secondary N) is 1. The van der Waals surface area contributed by atoms with E-state index in [2.05, 4.69) is 15.2 Å². The summed E-state index contributed by atoms with van der Waals surface area (Å²) in [5.41, 5.74) is 2.06. The third-order valence-electron chi connectivity index (χ3n) is 5.42. The quantitative estimate of drug-likeness (QED) is 0.580. The van der Waals surface area contributed by atoms with Gasteiger partial charge in [0.25, 0.3) is 0 Å². The van der Waals surface area contributed by atoms with Gasteiger partial charge in [-0.25, -0.2) is 18.5 Å². The van der Waals surface area contributed by atoms with E-state index in [9.17, 15) is 13.2 Å². The van der Waals surface area contributed by atoms with Crippen molar-refractivity contribution in [3.05, 3.63) is 53.4 Å². The smallest absolute Gasteiger partial charge is 0.238 e. The van der Waals surface area contributed by atoms with Gasteiger partial charge in [-0.2, -0.15) is 0 Å². The molecule has 2 heterocycles. The second-order valence-corrected chi connectivity index (χ2v) is 9.65. The van der Waals surface area contributed by atoms with Crippen molar-refractivity contribution in [2.75, 3.05) is 25.0 Å². The average molecular weight is 463 g/mol. The number of sulfonamides is 1. The SMILES string of the molecule is NS(=O)(=O)c1ccc(NC(=O)CCN2CCC(c3nc4cc(Cl)ccc4o3)CC2)cc1. The molecule has 3 aromatic rings. The van der Waals surface area contributed by atoms with E-state index < -0.39 is 10.0 Å². The Morgan fingerprint density at radius 2 is 1.90 bits per heavy atom. The number of likely N-dealkylation sites (tertiary alicyclic amines) is 1. The van der Waals surface area contributed by atoms with Gasteiger partial charge in [-0.15, -0.1) is 0 Å². The first-order valence-electron chi connectivity index (χ1n) is 9.99. The van der Waals surface area contributed by atoms with Gasteiger partial charge in [-0.05, 0) is 68.4 Å². The van der Waals surface area contributed by atoms with Crippen molar-refractivity contribution in [2.45, 2.75) is 30.1 Å². The monoisotopic (exact) mass is 462 g/mol. The standard InChI is InChI=1S/C21H23ClN4O4S/c22-15-1-6-19-18(13-15)25-21(30-19)14-7-10-26(11-8-14)12-9-20(27)24-16-2-4-17(5-3-16)31(23,28)29/h1-6,13-14H,7-12H2,(H,24,27)(H2,23,28,29). The number of aromatic nitrogens is 1. The molecule has 0 bridgehead atoms. The van der Waals surface area contributed by atoms with Crippen molar-refractivity contribution in [3.8, 4) is 0 Å². The fourth-order valence-electron chi connectivity index (χ4n) is 3.71. The van der Waals surface area contributed by atoms with Gasteiger partial charge in [-0.3, -0.25) is 4.79 Å². The van der Waals surface area contributed by atoms with E-state index in [0.29, 0.717) is 23.7 Å². The Bertz CT molecular complexity index is 1190. The van der Waals surface area contributed by atoms with E-state index in [0.717, 1.165) is 42.9 Å². The van der Waals surface area contributed by atoms with E-state index >= 15 is 0 Å². The zero-order valence-electron chi connectivity index (χ0n) is 16.8. The summed E-state index contributed by atoms with van der Waals surface area (Å²) in [6, 6.07) is 11.2. The minimum atomic E-state index is -3.74. The summed E-state index contributed by atoms with van der Waals surface area (Å²) >= 11 is 6.02. The fraction of sp³-hybridized carbons (Fsp3) is 0.333. The molecule has 0 unspecified atom stereocenters. The fourth-order valence-corrected chi connectivity index (χ4v) is 4.39. The number of carbonyl (C=O) groups is 1. The maximum atomic E-state index is 12.2. The Morgan fingerprint density at radius 1 is 1.19 bits per heavy atom. The summed E-state index contributed by atoms with van der Waals surface area (Å²) in [4.78, 5) is 19.1. The summed E-state index contributed by atoms with van der Waals surface area (Å²) in [5, 5.41) is 8.49. The summed E-state index contributed by atoms with van der Waals surface area (Å²) < 4.78 is 28.5. The number of benzene rings is 2. The Kier molecular flexibility index (Phi) is 6.29. The van der Waals surface area contributed by atoms with Crippen LogP contribution in [0.2, 0.25) is 5.02 Å². The number of rotatable bonds is 6. The highest BCUT2D eigenvalue weighted by Crippen LogP contribution is 2.30. The number of piperidine rings is 1. The third kappa shape index (κ3) is 5.43. The maximum Gasteiger partial charge on any atom is 0.238 e. The molecule has 1 aliphatic rings. The average Bonchev–Trinajstić information content (AvgIpc) is 3.15. The van der Waals surface area contributed by atoms with Crippen LogP contribution in [0.5, 0.6) is 0 Å². The summed E-state index contributed by atoms with van der Waals surface area (Å²) in [6.45, 7) is 2.37. The van der Waals surface area contributed by atoms with Gasteiger partial charge in [-0.1, -0.05) is 11.6 Å². The molecule has 0 saturated carbocycles. The van der Waals surface area contributed by atoms with Crippen LogP contribution in [0, 0.1) is 0 Å². The molecule has 0 spiro atoms. The molecule has 1 aromatic heterocycles. The molecule has 2 aromatic carbocycles. The van der Waals surface area contributed by atoms with Crippen LogP contribution in [0.25, 0.3) is 11.1 Å². The summed E-state index contributed by atoms with van der Waals surface area (Å²) in [7, 11) is -3.74. The van der Waals surface area contributed by atoms with Crippen molar-refractivity contribution in [2.24, 2.45) is 5.14 Å². The Labute approximate surface area is 185 Å². The highest BCUT2D eigenvalue weighted by molar-refractivity contribution is 7.89. The molecule has 0 aliphatic carbocycles. The van der Waals surface area contributed by atoms with Crippen molar-refractivity contribution in [1.29, 1.82) is 0 Å². The van der Waals surface area contributed by atoms with E-state index in [1.165, 1.54) is 24.3 Å². The van der Waals surface area contributed by atoms with E-state index in [4.69, 9.17) is 21.2 Å². The molecule has 1 fully saturated rings. The van der Waals surface area contributed by atoms with Crippen molar-refractivity contribution in [1.82, 2.24) is 9.88 Å². The lowest BCUT2D eigenvalue weighted by Crippen LogP contribution is -2.35. The van der Waals surface area contributed by atoms with Crippen molar-refractivity contribution < 1.29 is 17.6 Å². The largest absolute Gasteiger partial charge is 0.440 e. The number of hydrogen-bond acceptors (Lipinski definition) is 6. The molecule has 4 rings (SSSR count). The van der Waals surface area contributed by atoms with Gasteiger partial charge < -0.3 is 14.6 Å². The number of nitrogens with two attached hydrogens (primary N) is 1. The van der Waals surface area contributed by atoms with Crippen molar-refractivity contribution in [3.63, 3.8) is 0 Å². The number of fused-ring (bicyclic) bond motifs is 1. The predicted molar refractivity (Wildman–Crippen MR) is 118 cm³/mol. The molecule has 0 radical (unpaired) electrons. The molecular formula is C21H23ClN4O4S. The number of nitrogens with zero attached hydrogens (tertiary/aromatic N) is 2. The molecule has 10 heteroatoms. The van der Waals surface area contributed by atoms with Crippen LogP contribution in [0.3, 0.4) is 0 Å². The van der Waals surface area contributed by atoms with Crippen molar-refractivity contribution >= 4 is 44.3 Å². The van der Waals surface area contributed by atoms with E-state index in [1.54, 1.807) is 12.1 Å². The van der Waals surface area contributed by atoms with Gasteiger partial charge in [0.15, 0.2) is 11.5 Å². The second-order valence-electron chi connectivity index (χ2n) is 7.65. The predicted octanol–water partition coefficient (Wildman–Crippen LogP) is 3.34. The molecular weight excluding hydrogens is 440 g/mol. The number of carbonyl (C=O) groups excluding carboxylic acids is 1.